The Morgan fingerprint density at radius 1 is 0.857 bits per heavy atom. The maximum absolute atomic E-state index is 13.9. The van der Waals surface area contributed by atoms with E-state index in [0.717, 1.165) is 44.0 Å². The number of carboxylic acid groups (broad SMARTS) is 1. The largest absolute Gasteiger partial charge is 0.478 e. The first kappa shape index (κ1) is 25.7. The van der Waals surface area contributed by atoms with E-state index in [1.807, 2.05) is 77.9 Å². The maximum atomic E-state index is 13.9. The highest BCUT2D eigenvalue weighted by Crippen LogP contribution is 2.35. The van der Waals surface area contributed by atoms with E-state index in [-0.39, 0.29) is 11.1 Å². The third kappa shape index (κ3) is 4.83. The van der Waals surface area contributed by atoms with Crippen molar-refractivity contribution < 1.29 is 19.5 Å². The second-order valence-corrected chi connectivity index (χ2v) is 8.91. The van der Waals surface area contributed by atoms with E-state index in [4.69, 9.17) is 0 Å². The van der Waals surface area contributed by atoms with Crippen molar-refractivity contribution in [3.8, 4) is 0 Å². The smallest absolute Gasteiger partial charge is 0.338 e. The third-order valence-corrected chi connectivity index (χ3v) is 6.43. The quantitative estimate of drug-likeness (QED) is 0.432. The van der Waals surface area contributed by atoms with Crippen LogP contribution < -0.4 is 10.2 Å². The van der Waals surface area contributed by atoms with Crippen molar-refractivity contribution in [3.05, 3.63) is 87.0 Å². The topological polar surface area (TPSA) is 86.7 Å². The summed E-state index contributed by atoms with van der Waals surface area (Å²) in [5, 5.41) is 13.6. The van der Waals surface area contributed by atoms with Gasteiger partial charge in [0.15, 0.2) is 0 Å². The Bertz CT molecular complexity index is 1300. The SMILES string of the molecule is CCc1cc(C(=O)N(C(C)=O)c2c(C)cccc2C)c(C(=O)O)c(Nc2c(C)cccc2C)c1C. The van der Waals surface area contributed by atoms with Crippen LogP contribution >= 0.6 is 0 Å². The number of carboxylic acids is 1. The minimum Gasteiger partial charge on any atom is -0.478 e. The predicted molar refractivity (Wildman–Crippen MR) is 140 cm³/mol. The Balaban J connectivity index is 2.32. The molecule has 2 N–H and O–H groups in total. The number of aromatic carboxylic acids is 1. The van der Waals surface area contributed by atoms with Crippen molar-refractivity contribution >= 4 is 34.8 Å². The van der Waals surface area contributed by atoms with Crippen LogP contribution in [0.15, 0.2) is 42.5 Å². The number of hydrogen-bond donors (Lipinski definition) is 2. The lowest BCUT2D eigenvalue weighted by molar-refractivity contribution is -0.116. The molecular weight excluding hydrogens is 440 g/mol. The Morgan fingerprint density at radius 2 is 1.37 bits per heavy atom. The summed E-state index contributed by atoms with van der Waals surface area (Å²) in [5.41, 5.74) is 6.46. The van der Waals surface area contributed by atoms with Crippen molar-refractivity contribution in [2.75, 3.05) is 10.2 Å². The fourth-order valence-electron chi connectivity index (χ4n) is 4.57. The van der Waals surface area contributed by atoms with E-state index in [0.29, 0.717) is 17.8 Å². The first-order valence-electron chi connectivity index (χ1n) is 11.6. The molecule has 0 aliphatic carbocycles. The lowest BCUT2D eigenvalue weighted by Crippen LogP contribution is -2.37. The first-order chi connectivity index (χ1) is 16.5. The monoisotopic (exact) mass is 472 g/mol. The van der Waals surface area contributed by atoms with Crippen molar-refractivity contribution in [2.24, 2.45) is 0 Å². The highest BCUT2D eigenvalue weighted by atomic mass is 16.4. The van der Waals surface area contributed by atoms with E-state index in [9.17, 15) is 19.5 Å². The molecule has 0 aliphatic rings. The third-order valence-electron chi connectivity index (χ3n) is 6.43. The number of imide groups is 1. The van der Waals surface area contributed by atoms with Crippen LogP contribution in [0.4, 0.5) is 17.1 Å². The molecule has 6 heteroatoms. The zero-order valence-electron chi connectivity index (χ0n) is 21.4. The molecule has 2 amide bonds. The number of carbonyl (C=O) groups is 3. The number of anilines is 3. The number of aryl methyl sites for hydroxylation is 5. The second kappa shape index (κ2) is 10.1. The first-order valence-corrected chi connectivity index (χ1v) is 11.6. The summed E-state index contributed by atoms with van der Waals surface area (Å²) in [6, 6.07) is 12.9. The second-order valence-electron chi connectivity index (χ2n) is 8.91. The fraction of sp³-hybridized carbons (Fsp3) is 0.276. The zero-order valence-corrected chi connectivity index (χ0v) is 21.4. The van der Waals surface area contributed by atoms with Crippen LogP contribution in [0, 0.1) is 34.6 Å². The molecule has 0 aromatic heterocycles. The van der Waals surface area contributed by atoms with Gasteiger partial charge in [0.05, 0.1) is 22.5 Å². The van der Waals surface area contributed by atoms with Crippen molar-refractivity contribution in [2.45, 2.75) is 54.9 Å². The lowest BCUT2D eigenvalue weighted by atomic mass is 9.93. The molecule has 0 atom stereocenters. The van der Waals surface area contributed by atoms with Gasteiger partial charge in [-0.15, -0.1) is 0 Å². The Morgan fingerprint density at radius 3 is 1.83 bits per heavy atom. The number of para-hydroxylation sites is 2. The van der Waals surface area contributed by atoms with Crippen LogP contribution in [0.2, 0.25) is 0 Å². The van der Waals surface area contributed by atoms with Crippen LogP contribution in [0.3, 0.4) is 0 Å². The van der Waals surface area contributed by atoms with Crippen LogP contribution in [0.25, 0.3) is 0 Å². The van der Waals surface area contributed by atoms with Gasteiger partial charge in [-0.25, -0.2) is 9.69 Å². The number of hydrogen-bond acceptors (Lipinski definition) is 4. The summed E-state index contributed by atoms with van der Waals surface area (Å²) in [4.78, 5) is 40.4. The predicted octanol–water partition coefficient (Wildman–Crippen LogP) is 6.43. The van der Waals surface area contributed by atoms with Gasteiger partial charge in [0.1, 0.15) is 0 Å². The molecule has 0 bridgehead atoms. The van der Waals surface area contributed by atoms with Gasteiger partial charge in [-0.1, -0.05) is 43.3 Å². The number of nitrogens with zero attached hydrogens (tertiary/aromatic N) is 1. The van der Waals surface area contributed by atoms with E-state index in [1.54, 1.807) is 6.07 Å². The van der Waals surface area contributed by atoms with Crippen LogP contribution in [-0.2, 0) is 11.2 Å². The van der Waals surface area contributed by atoms with Gasteiger partial charge in [-0.3, -0.25) is 9.59 Å². The summed E-state index contributed by atoms with van der Waals surface area (Å²) < 4.78 is 0. The van der Waals surface area contributed by atoms with Gasteiger partial charge in [-0.2, -0.15) is 0 Å². The number of rotatable bonds is 6. The summed E-state index contributed by atoms with van der Waals surface area (Å²) >= 11 is 0. The molecule has 0 saturated heterocycles. The average Bonchev–Trinajstić information content (AvgIpc) is 2.78. The van der Waals surface area contributed by atoms with Gasteiger partial charge in [0.2, 0.25) is 5.91 Å². The van der Waals surface area contributed by atoms with Gasteiger partial charge in [0, 0.05) is 12.6 Å². The Kier molecular flexibility index (Phi) is 7.44. The molecule has 0 radical (unpaired) electrons. The molecule has 182 valence electrons. The Hall–Kier alpha value is -3.93. The van der Waals surface area contributed by atoms with E-state index in [2.05, 4.69) is 5.32 Å². The molecular formula is C29H32N2O4. The molecule has 3 aromatic carbocycles. The molecule has 0 saturated carbocycles. The molecule has 0 heterocycles. The molecule has 0 aliphatic heterocycles. The molecule has 0 fully saturated rings. The number of amides is 2. The van der Waals surface area contributed by atoms with Gasteiger partial charge < -0.3 is 10.4 Å². The molecule has 3 aromatic rings. The minimum atomic E-state index is -1.24. The van der Waals surface area contributed by atoms with E-state index >= 15 is 0 Å². The Labute approximate surface area is 206 Å². The molecule has 0 spiro atoms. The van der Waals surface area contributed by atoms with Gasteiger partial charge in [0.25, 0.3) is 5.91 Å². The summed E-state index contributed by atoms with van der Waals surface area (Å²) in [5.74, 6) is -2.38. The number of benzene rings is 3. The van der Waals surface area contributed by atoms with Crippen LogP contribution in [0.1, 0.15) is 67.9 Å². The highest BCUT2D eigenvalue weighted by molar-refractivity contribution is 6.24. The molecule has 6 nitrogen and oxygen atoms in total. The fourth-order valence-corrected chi connectivity index (χ4v) is 4.57. The zero-order chi connectivity index (χ0) is 26.0. The average molecular weight is 473 g/mol. The van der Waals surface area contributed by atoms with Crippen molar-refractivity contribution in [3.63, 3.8) is 0 Å². The van der Waals surface area contributed by atoms with Crippen molar-refractivity contribution in [1.29, 1.82) is 0 Å². The van der Waals surface area contributed by atoms with Crippen LogP contribution in [0.5, 0.6) is 0 Å². The number of nitrogens with one attached hydrogen (secondary N) is 1. The lowest BCUT2D eigenvalue weighted by Gasteiger charge is -2.26. The van der Waals surface area contributed by atoms with Crippen LogP contribution in [-0.4, -0.2) is 22.9 Å². The normalized spacial score (nSPS) is 10.7. The maximum Gasteiger partial charge on any atom is 0.338 e. The highest BCUT2D eigenvalue weighted by Gasteiger charge is 2.31. The summed E-state index contributed by atoms with van der Waals surface area (Å²) in [6.07, 6.45) is 0.594. The van der Waals surface area contributed by atoms with E-state index < -0.39 is 17.8 Å². The van der Waals surface area contributed by atoms with E-state index in [1.165, 1.54) is 6.92 Å². The minimum absolute atomic E-state index is 0.0217. The summed E-state index contributed by atoms with van der Waals surface area (Å²) in [7, 11) is 0. The molecule has 0 unspecified atom stereocenters. The number of carbonyl (C=O) groups excluding carboxylic acids is 2. The molecule has 3 rings (SSSR count). The van der Waals surface area contributed by atoms with Gasteiger partial charge in [-0.05, 0) is 80.5 Å². The molecule has 35 heavy (non-hydrogen) atoms. The van der Waals surface area contributed by atoms with Crippen molar-refractivity contribution in [1.82, 2.24) is 0 Å². The standard InChI is InChI=1S/C29H32N2O4/c1-8-22-15-23(28(33)31(21(7)32)27-18(4)13-10-14-19(27)5)24(29(34)35)26(20(22)6)30-25-16(2)11-9-12-17(25)3/h9-15,30H,8H2,1-7H3,(H,34,35). The summed E-state index contributed by atoms with van der Waals surface area (Å²) in [6.45, 7) is 12.7. The van der Waals surface area contributed by atoms with Gasteiger partial charge >= 0.3 is 5.97 Å².